The van der Waals surface area contributed by atoms with Crippen molar-refractivity contribution < 1.29 is 24.9 Å². The summed E-state index contributed by atoms with van der Waals surface area (Å²) < 4.78 is 5.61. The van der Waals surface area contributed by atoms with E-state index in [-0.39, 0.29) is 16.9 Å². The molecule has 1 heterocycles. The van der Waals surface area contributed by atoms with Gasteiger partial charge in [0.2, 0.25) is 5.78 Å². The Bertz CT molecular complexity index is 867. The lowest BCUT2D eigenvalue weighted by Crippen LogP contribution is -2.63. The van der Waals surface area contributed by atoms with Gasteiger partial charge in [0.15, 0.2) is 0 Å². The molecule has 1 aliphatic rings. The largest absolute Gasteiger partial charge is 0.451 e. The van der Waals surface area contributed by atoms with Crippen LogP contribution in [0.1, 0.15) is 28.4 Å². The molecule has 0 aromatic heterocycles. The molecule has 1 atom stereocenters. The minimum absolute atomic E-state index is 0.0190. The third-order valence-electron chi connectivity index (χ3n) is 4.04. The molecule has 5 heteroatoms. The Kier molecular flexibility index (Phi) is 4.08. The summed E-state index contributed by atoms with van der Waals surface area (Å²) in [5.41, 5.74) is 1.34. The lowest BCUT2D eigenvalue weighted by molar-refractivity contribution is -0.328. The maximum atomic E-state index is 12.6. The van der Waals surface area contributed by atoms with Crippen molar-refractivity contribution >= 4 is 11.9 Å². The second-order valence-corrected chi connectivity index (χ2v) is 6.02. The third-order valence-corrected chi connectivity index (χ3v) is 4.04. The van der Waals surface area contributed by atoms with Crippen molar-refractivity contribution in [2.75, 3.05) is 0 Å². The highest BCUT2D eigenvalue weighted by atomic mass is 16.7. The molecule has 25 heavy (non-hydrogen) atoms. The lowest BCUT2D eigenvalue weighted by atomic mass is 9.86. The quantitative estimate of drug-likeness (QED) is 0.591. The molecule has 0 saturated heterocycles. The summed E-state index contributed by atoms with van der Waals surface area (Å²) in [6.45, 7) is 5.58. The molecule has 0 radical (unpaired) electrons. The number of ether oxygens (including phenoxy) is 1. The van der Waals surface area contributed by atoms with Gasteiger partial charge in [-0.25, -0.2) is 0 Å². The molecule has 0 saturated carbocycles. The maximum Gasteiger partial charge on any atom is 0.301 e. The van der Waals surface area contributed by atoms with Gasteiger partial charge in [-0.1, -0.05) is 66.8 Å². The first-order valence-electron chi connectivity index (χ1n) is 7.70. The monoisotopic (exact) mass is 338 g/mol. The van der Waals surface area contributed by atoms with E-state index in [1.807, 2.05) is 6.92 Å². The molecule has 2 aromatic carbocycles. The van der Waals surface area contributed by atoms with E-state index in [2.05, 4.69) is 6.58 Å². The molecule has 0 bridgehead atoms. The molecule has 1 aliphatic heterocycles. The predicted octanol–water partition coefficient (Wildman–Crippen LogP) is 2.38. The summed E-state index contributed by atoms with van der Waals surface area (Å²) in [6, 6.07) is 12.5. The SMILES string of the molecule is C=C(C)C=Cc1cccc2c1OC(O)(c1ccccc1)C(O)(O)C2=O. The molecular formula is C20H18O5. The zero-order valence-electron chi connectivity index (χ0n) is 13.6. The molecule has 0 spiro atoms. The van der Waals surface area contributed by atoms with Crippen molar-refractivity contribution in [3.8, 4) is 5.75 Å². The van der Waals surface area contributed by atoms with E-state index in [0.717, 1.165) is 5.57 Å². The Morgan fingerprint density at radius 2 is 1.76 bits per heavy atom. The smallest absolute Gasteiger partial charge is 0.301 e. The highest BCUT2D eigenvalue weighted by molar-refractivity contribution is 6.06. The summed E-state index contributed by atoms with van der Waals surface area (Å²) >= 11 is 0. The Hall–Kier alpha value is -2.73. The average molecular weight is 338 g/mol. The predicted molar refractivity (Wildman–Crippen MR) is 92.8 cm³/mol. The van der Waals surface area contributed by atoms with Crippen molar-refractivity contribution in [2.24, 2.45) is 0 Å². The molecule has 0 amide bonds. The second-order valence-electron chi connectivity index (χ2n) is 6.02. The molecule has 3 N–H and O–H groups in total. The summed E-state index contributed by atoms with van der Waals surface area (Å²) in [5, 5.41) is 31.6. The van der Waals surface area contributed by atoms with Crippen molar-refractivity contribution in [3.63, 3.8) is 0 Å². The van der Waals surface area contributed by atoms with E-state index in [1.54, 1.807) is 42.5 Å². The van der Waals surface area contributed by atoms with E-state index in [1.165, 1.54) is 18.2 Å². The third kappa shape index (κ3) is 2.68. The van der Waals surface area contributed by atoms with Crippen LogP contribution in [0.3, 0.4) is 0 Å². The lowest BCUT2D eigenvalue weighted by Gasteiger charge is -2.42. The van der Waals surface area contributed by atoms with Gasteiger partial charge in [-0.05, 0) is 13.0 Å². The standard InChI is InChI=1S/C20H18O5/c1-13(2)11-12-14-7-6-10-16-17(14)25-20(24,19(22,23)18(16)21)15-8-4-3-5-9-15/h3-12,22-24H,1H2,2H3. The summed E-state index contributed by atoms with van der Waals surface area (Å²) in [7, 11) is 0. The van der Waals surface area contributed by atoms with Gasteiger partial charge in [0.25, 0.3) is 5.79 Å². The Labute approximate surface area is 145 Å². The molecule has 5 nitrogen and oxygen atoms in total. The number of hydrogen-bond donors (Lipinski definition) is 3. The van der Waals surface area contributed by atoms with Gasteiger partial charge in [-0.2, -0.15) is 0 Å². The highest BCUT2D eigenvalue weighted by Crippen LogP contribution is 2.44. The van der Waals surface area contributed by atoms with Crippen LogP contribution in [0.25, 0.3) is 6.08 Å². The van der Waals surface area contributed by atoms with Gasteiger partial charge in [0.1, 0.15) is 5.75 Å². The number of carbonyl (C=O) groups excluding carboxylic acids is 1. The Balaban J connectivity index is 2.20. The van der Waals surface area contributed by atoms with Crippen molar-refractivity contribution in [3.05, 3.63) is 83.4 Å². The van der Waals surface area contributed by atoms with Crippen LogP contribution in [0.4, 0.5) is 0 Å². The molecule has 128 valence electrons. The van der Waals surface area contributed by atoms with Crippen LogP contribution in [0.15, 0.2) is 66.8 Å². The van der Waals surface area contributed by atoms with E-state index >= 15 is 0 Å². The second kappa shape index (κ2) is 5.97. The summed E-state index contributed by atoms with van der Waals surface area (Å²) in [6.07, 6.45) is 3.41. The fourth-order valence-corrected chi connectivity index (χ4v) is 2.70. The van der Waals surface area contributed by atoms with E-state index in [0.29, 0.717) is 5.56 Å². The average Bonchev–Trinajstić information content (AvgIpc) is 2.59. The Morgan fingerprint density at radius 1 is 1.08 bits per heavy atom. The van der Waals surface area contributed by atoms with E-state index < -0.39 is 17.4 Å². The Morgan fingerprint density at radius 3 is 2.40 bits per heavy atom. The molecule has 0 fully saturated rings. The van der Waals surface area contributed by atoms with Crippen molar-refractivity contribution in [1.82, 2.24) is 0 Å². The van der Waals surface area contributed by atoms with Crippen molar-refractivity contribution in [1.29, 1.82) is 0 Å². The van der Waals surface area contributed by atoms with Gasteiger partial charge in [0.05, 0.1) is 5.56 Å². The molecule has 0 aliphatic carbocycles. The number of ketones is 1. The highest BCUT2D eigenvalue weighted by Gasteiger charge is 2.61. The number of aliphatic hydroxyl groups is 3. The first kappa shape index (κ1) is 17.1. The number of carbonyl (C=O) groups is 1. The molecule has 2 aromatic rings. The van der Waals surface area contributed by atoms with Gasteiger partial charge in [-0.3, -0.25) is 4.79 Å². The molecule has 3 rings (SSSR count). The fourth-order valence-electron chi connectivity index (χ4n) is 2.70. The summed E-state index contributed by atoms with van der Waals surface area (Å²) in [4.78, 5) is 12.6. The zero-order chi connectivity index (χ0) is 18.2. The maximum absolute atomic E-state index is 12.6. The zero-order valence-corrected chi connectivity index (χ0v) is 13.6. The fraction of sp³-hybridized carbons (Fsp3) is 0.150. The van der Waals surface area contributed by atoms with Crippen LogP contribution < -0.4 is 4.74 Å². The molecular weight excluding hydrogens is 320 g/mol. The number of fused-ring (bicyclic) bond motifs is 1. The molecule has 1 unspecified atom stereocenters. The normalized spacial score (nSPS) is 21.7. The number of allylic oxidation sites excluding steroid dienone is 2. The van der Waals surface area contributed by atoms with Gasteiger partial charge in [-0.15, -0.1) is 0 Å². The van der Waals surface area contributed by atoms with Gasteiger partial charge in [0, 0.05) is 11.1 Å². The van der Waals surface area contributed by atoms with Gasteiger partial charge < -0.3 is 20.1 Å². The van der Waals surface area contributed by atoms with Crippen LogP contribution in [0, 0.1) is 0 Å². The van der Waals surface area contributed by atoms with Crippen LogP contribution in [-0.4, -0.2) is 26.9 Å². The number of rotatable bonds is 3. The van der Waals surface area contributed by atoms with Crippen LogP contribution >= 0.6 is 0 Å². The van der Waals surface area contributed by atoms with Gasteiger partial charge >= 0.3 is 5.79 Å². The minimum Gasteiger partial charge on any atom is -0.451 e. The number of para-hydroxylation sites is 1. The van der Waals surface area contributed by atoms with Crippen LogP contribution in [0.5, 0.6) is 5.75 Å². The van der Waals surface area contributed by atoms with E-state index in [4.69, 9.17) is 4.74 Å². The van der Waals surface area contributed by atoms with E-state index in [9.17, 15) is 20.1 Å². The summed E-state index contributed by atoms with van der Waals surface area (Å²) in [5.74, 6) is -6.72. The first-order chi connectivity index (χ1) is 11.8. The topological polar surface area (TPSA) is 87.0 Å². The minimum atomic E-state index is -3.13. The van der Waals surface area contributed by atoms with Crippen LogP contribution in [0.2, 0.25) is 0 Å². The number of Topliss-reactive ketones (excluding diaryl/α,β-unsaturated/α-hetero) is 1. The van der Waals surface area contributed by atoms with Crippen molar-refractivity contribution in [2.45, 2.75) is 18.5 Å². The van der Waals surface area contributed by atoms with Crippen LogP contribution in [-0.2, 0) is 5.79 Å². The number of hydrogen-bond acceptors (Lipinski definition) is 5. The number of benzene rings is 2. The first-order valence-corrected chi connectivity index (χ1v) is 7.70.